The molecule has 0 amide bonds. The minimum Gasteiger partial charge on any atom is -0.370 e. The lowest BCUT2D eigenvalue weighted by molar-refractivity contribution is 0.479. The standard InChI is InChI=1S/C12H17N5/c1-8-9(2)15-17-11(4-5-13-12(8)17)10-6-14-16(3)7-10/h6-7,11,13H,4-5H2,1-3H3. The predicted molar refractivity (Wildman–Crippen MR) is 66.2 cm³/mol. The van der Waals surface area contributed by atoms with Gasteiger partial charge < -0.3 is 5.32 Å². The van der Waals surface area contributed by atoms with Crippen molar-refractivity contribution in [3.63, 3.8) is 0 Å². The van der Waals surface area contributed by atoms with Crippen molar-refractivity contribution < 1.29 is 0 Å². The number of nitrogens with one attached hydrogen (secondary N) is 1. The van der Waals surface area contributed by atoms with E-state index in [2.05, 4.69) is 40.2 Å². The summed E-state index contributed by atoms with van der Waals surface area (Å²) in [6.07, 6.45) is 5.07. The van der Waals surface area contributed by atoms with Crippen LogP contribution in [0.25, 0.3) is 0 Å². The Morgan fingerprint density at radius 1 is 1.41 bits per heavy atom. The predicted octanol–water partition coefficient (Wildman–Crippen LogP) is 1.64. The molecule has 0 fully saturated rings. The van der Waals surface area contributed by atoms with Crippen molar-refractivity contribution in [2.45, 2.75) is 26.3 Å². The summed E-state index contributed by atoms with van der Waals surface area (Å²) in [6, 6.07) is 0.312. The highest BCUT2D eigenvalue weighted by molar-refractivity contribution is 5.49. The molecule has 0 spiro atoms. The summed E-state index contributed by atoms with van der Waals surface area (Å²) in [5, 5.41) is 12.3. The third-order valence-corrected chi connectivity index (χ3v) is 3.50. The molecule has 90 valence electrons. The molecule has 1 atom stereocenters. The van der Waals surface area contributed by atoms with Crippen LogP contribution in [0.3, 0.4) is 0 Å². The SMILES string of the molecule is Cc1nn2c(c1C)NCCC2c1cnn(C)c1. The van der Waals surface area contributed by atoms with E-state index >= 15 is 0 Å². The van der Waals surface area contributed by atoms with E-state index in [1.54, 1.807) is 0 Å². The van der Waals surface area contributed by atoms with E-state index in [4.69, 9.17) is 0 Å². The van der Waals surface area contributed by atoms with Crippen LogP contribution in [0.2, 0.25) is 0 Å². The Hall–Kier alpha value is -1.78. The van der Waals surface area contributed by atoms with Crippen LogP contribution in [-0.4, -0.2) is 26.1 Å². The molecule has 1 aliphatic heterocycles. The molecule has 0 saturated carbocycles. The molecule has 0 bridgehead atoms. The molecule has 3 rings (SSSR count). The van der Waals surface area contributed by atoms with Crippen molar-refractivity contribution in [3.8, 4) is 0 Å². The zero-order valence-electron chi connectivity index (χ0n) is 10.4. The lowest BCUT2D eigenvalue weighted by Crippen LogP contribution is -2.24. The Kier molecular flexibility index (Phi) is 2.21. The molecule has 2 aromatic heterocycles. The molecule has 3 heterocycles. The molecule has 0 radical (unpaired) electrons. The van der Waals surface area contributed by atoms with Crippen molar-refractivity contribution in [2.24, 2.45) is 7.05 Å². The minimum absolute atomic E-state index is 0.312. The molecule has 1 aliphatic rings. The molecule has 17 heavy (non-hydrogen) atoms. The largest absolute Gasteiger partial charge is 0.370 e. The van der Waals surface area contributed by atoms with Crippen molar-refractivity contribution in [1.82, 2.24) is 19.6 Å². The fourth-order valence-corrected chi connectivity index (χ4v) is 2.44. The van der Waals surface area contributed by atoms with Gasteiger partial charge in [0.2, 0.25) is 0 Å². The van der Waals surface area contributed by atoms with Crippen molar-refractivity contribution in [1.29, 1.82) is 0 Å². The quantitative estimate of drug-likeness (QED) is 0.811. The van der Waals surface area contributed by atoms with Gasteiger partial charge >= 0.3 is 0 Å². The summed E-state index contributed by atoms with van der Waals surface area (Å²) < 4.78 is 3.95. The zero-order chi connectivity index (χ0) is 12.0. The molecule has 2 aromatic rings. The monoisotopic (exact) mass is 231 g/mol. The zero-order valence-corrected chi connectivity index (χ0v) is 10.4. The Bertz CT molecular complexity index is 551. The molecule has 0 saturated heterocycles. The number of hydrogen-bond acceptors (Lipinski definition) is 3. The Morgan fingerprint density at radius 3 is 2.94 bits per heavy atom. The Labute approximate surface area is 100 Å². The van der Waals surface area contributed by atoms with Crippen molar-refractivity contribution >= 4 is 5.82 Å². The number of rotatable bonds is 1. The van der Waals surface area contributed by atoms with Gasteiger partial charge in [0.15, 0.2) is 0 Å². The van der Waals surface area contributed by atoms with E-state index in [9.17, 15) is 0 Å². The van der Waals surface area contributed by atoms with E-state index in [1.165, 1.54) is 11.1 Å². The van der Waals surface area contributed by atoms with E-state index in [1.807, 2.05) is 17.9 Å². The van der Waals surface area contributed by atoms with Gasteiger partial charge in [-0.3, -0.25) is 4.68 Å². The van der Waals surface area contributed by atoms with Gasteiger partial charge in [-0.05, 0) is 20.3 Å². The molecular weight excluding hydrogens is 214 g/mol. The molecule has 5 heteroatoms. The van der Waals surface area contributed by atoms with Gasteiger partial charge in [0.25, 0.3) is 0 Å². The average Bonchev–Trinajstić information content (AvgIpc) is 2.85. The van der Waals surface area contributed by atoms with E-state index < -0.39 is 0 Å². The highest BCUT2D eigenvalue weighted by Crippen LogP contribution is 2.31. The molecule has 1 unspecified atom stereocenters. The lowest BCUT2D eigenvalue weighted by Gasteiger charge is -2.25. The summed E-state index contributed by atoms with van der Waals surface area (Å²) in [7, 11) is 1.95. The van der Waals surface area contributed by atoms with E-state index in [0.717, 1.165) is 24.5 Å². The first-order chi connectivity index (χ1) is 8.16. The average molecular weight is 231 g/mol. The summed E-state index contributed by atoms with van der Waals surface area (Å²) in [6.45, 7) is 5.17. The number of nitrogens with zero attached hydrogens (tertiary/aromatic N) is 4. The summed E-state index contributed by atoms with van der Waals surface area (Å²) in [5.74, 6) is 1.16. The second-order valence-corrected chi connectivity index (χ2v) is 4.68. The highest BCUT2D eigenvalue weighted by atomic mass is 15.4. The maximum Gasteiger partial charge on any atom is 0.128 e. The van der Waals surface area contributed by atoms with Gasteiger partial charge in [-0.25, -0.2) is 4.68 Å². The van der Waals surface area contributed by atoms with Crippen LogP contribution >= 0.6 is 0 Å². The molecular formula is C12H17N5. The Morgan fingerprint density at radius 2 is 2.24 bits per heavy atom. The first kappa shape index (κ1) is 10.4. The molecule has 5 nitrogen and oxygen atoms in total. The van der Waals surface area contributed by atoms with Crippen LogP contribution in [0, 0.1) is 13.8 Å². The first-order valence-corrected chi connectivity index (χ1v) is 5.95. The Balaban J connectivity index is 2.08. The maximum absolute atomic E-state index is 4.63. The highest BCUT2D eigenvalue weighted by Gasteiger charge is 2.25. The van der Waals surface area contributed by atoms with Gasteiger partial charge in [0, 0.05) is 30.9 Å². The third-order valence-electron chi connectivity index (χ3n) is 3.50. The van der Waals surface area contributed by atoms with Crippen LogP contribution in [0.4, 0.5) is 5.82 Å². The minimum atomic E-state index is 0.312. The second kappa shape index (κ2) is 3.61. The van der Waals surface area contributed by atoms with Crippen LogP contribution in [0.15, 0.2) is 12.4 Å². The van der Waals surface area contributed by atoms with Gasteiger partial charge in [0.05, 0.1) is 17.9 Å². The third kappa shape index (κ3) is 1.53. The normalized spacial score (nSPS) is 18.9. The maximum atomic E-state index is 4.63. The lowest BCUT2D eigenvalue weighted by atomic mass is 10.1. The first-order valence-electron chi connectivity index (χ1n) is 5.95. The molecule has 1 N–H and O–H groups in total. The molecule has 0 aliphatic carbocycles. The fraction of sp³-hybridized carbons (Fsp3) is 0.500. The smallest absolute Gasteiger partial charge is 0.128 e. The summed E-state index contributed by atoms with van der Waals surface area (Å²) in [4.78, 5) is 0. The van der Waals surface area contributed by atoms with Crippen molar-refractivity contribution in [3.05, 3.63) is 29.2 Å². The summed E-state index contributed by atoms with van der Waals surface area (Å²) in [5.41, 5.74) is 3.58. The molecule has 0 aromatic carbocycles. The van der Waals surface area contributed by atoms with Gasteiger partial charge in [-0.2, -0.15) is 10.2 Å². The number of hydrogen-bond donors (Lipinski definition) is 1. The number of aryl methyl sites for hydroxylation is 2. The number of anilines is 1. The topological polar surface area (TPSA) is 47.7 Å². The van der Waals surface area contributed by atoms with Crippen LogP contribution in [0.5, 0.6) is 0 Å². The number of aromatic nitrogens is 4. The number of fused-ring (bicyclic) bond motifs is 1. The fourth-order valence-electron chi connectivity index (χ4n) is 2.44. The van der Waals surface area contributed by atoms with Crippen LogP contribution in [-0.2, 0) is 7.05 Å². The van der Waals surface area contributed by atoms with Gasteiger partial charge in [-0.15, -0.1) is 0 Å². The van der Waals surface area contributed by atoms with E-state index in [-0.39, 0.29) is 0 Å². The summed E-state index contributed by atoms with van der Waals surface area (Å²) >= 11 is 0. The second-order valence-electron chi connectivity index (χ2n) is 4.68. The van der Waals surface area contributed by atoms with Crippen LogP contribution < -0.4 is 5.32 Å². The van der Waals surface area contributed by atoms with Crippen molar-refractivity contribution in [2.75, 3.05) is 11.9 Å². The van der Waals surface area contributed by atoms with Crippen LogP contribution in [0.1, 0.15) is 29.3 Å². The van der Waals surface area contributed by atoms with Gasteiger partial charge in [0.1, 0.15) is 5.82 Å². The van der Waals surface area contributed by atoms with Gasteiger partial charge in [-0.1, -0.05) is 0 Å². The van der Waals surface area contributed by atoms with E-state index in [0.29, 0.717) is 6.04 Å².